The number of anilines is 1. The predicted octanol–water partition coefficient (Wildman–Crippen LogP) is 1.72. The van der Waals surface area contributed by atoms with Crippen LogP contribution in [0, 0.1) is 0 Å². The molecular formula is C18H22N2O3. The summed E-state index contributed by atoms with van der Waals surface area (Å²) < 4.78 is 0. The summed E-state index contributed by atoms with van der Waals surface area (Å²) in [5.74, 6) is -0.101. The van der Waals surface area contributed by atoms with Crippen LogP contribution >= 0.6 is 0 Å². The average molecular weight is 314 g/mol. The Kier molecular flexibility index (Phi) is 6.14. The van der Waals surface area contributed by atoms with Gasteiger partial charge in [-0.05, 0) is 17.7 Å². The molecule has 0 aliphatic heterocycles. The van der Waals surface area contributed by atoms with Crippen LogP contribution in [0.5, 0.6) is 0 Å². The minimum Gasteiger partial charge on any atom is -0.394 e. The predicted molar refractivity (Wildman–Crippen MR) is 90.3 cm³/mol. The van der Waals surface area contributed by atoms with Crippen molar-refractivity contribution >= 4 is 11.6 Å². The van der Waals surface area contributed by atoms with E-state index in [0.717, 1.165) is 5.56 Å². The van der Waals surface area contributed by atoms with E-state index in [1.807, 2.05) is 36.4 Å². The monoisotopic (exact) mass is 314 g/mol. The van der Waals surface area contributed by atoms with Crippen molar-refractivity contribution in [3.8, 4) is 0 Å². The number of carbonyl (C=O) groups excluding carboxylic acids is 1. The van der Waals surface area contributed by atoms with Gasteiger partial charge in [-0.25, -0.2) is 0 Å². The molecule has 0 aliphatic rings. The van der Waals surface area contributed by atoms with Crippen LogP contribution in [-0.4, -0.2) is 47.3 Å². The average Bonchev–Trinajstić information content (AvgIpc) is 2.60. The maximum Gasteiger partial charge on any atom is 0.255 e. The minimum absolute atomic E-state index is 0.101. The fourth-order valence-corrected chi connectivity index (χ4v) is 2.25. The molecule has 2 aromatic rings. The molecule has 1 amide bonds. The number of hydrogen-bond acceptors (Lipinski definition) is 4. The number of benzene rings is 2. The van der Waals surface area contributed by atoms with E-state index in [4.69, 9.17) is 5.11 Å². The molecule has 23 heavy (non-hydrogen) atoms. The molecule has 0 spiro atoms. The third-order valence-corrected chi connectivity index (χ3v) is 3.51. The lowest BCUT2D eigenvalue weighted by molar-refractivity contribution is 0.0785. The van der Waals surface area contributed by atoms with Gasteiger partial charge in [0.25, 0.3) is 5.91 Å². The van der Waals surface area contributed by atoms with E-state index < -0.39 is 6.10 Å². The maximum atomic E-state index is 12.7. The van der Waals surface area contributed by atoms with Crippen molar-refractivity contribution in [2.75, 3.05) is 25.5 Å². The zero-order valence-corrected chi connectivity index (χ0v) is 13.1. The Balaban J connectivity index is 2.09. The van der Waals surface area contributed by atoms with Gasteiger partial charge in [0, 0.05) is 25.8 Å². The van der Waals surface area contributed by atoms with Crippen LogP contribution in [0.2, 0.25) is 0 Å². The van der Waals surface area contributed by atoms with Crippen molar-refractivity contribution in [3.05, 3.63) is 65.7 Å². The third-order valence-electron chi connectivity index (χ3n) is 3.51. The molecule has 0 aromatic heterocycles. The fourth-order valence-electron chi connectivity index (χ4n) is 2.25. The van der Waals surface area contributed by atoms with Gasteiger partial charge < -0.3 is 20.4 Å². The summed E-state index contributed by atoms with van der Waals surface area (Å²) in [6.45, 7) is 0.382. The number of nitrogens with one attached hydrogen (secondary N) is 1. The Morgan fingerprint density at radius 3 is 2.48 bits per heavy atom. The molecule has 2 aromatic carbocycles. The zero-order valence-electron chi connectivity index (χ0n) is 13.1. The van der Waals surface area contributed by atoms with Crippen LogP contribution in [0.4, 0.5) is 5.69 Å². The number of nitrogens with zero attached hydrogens (tertiary/aromatic N) is 1. The number of aliphatic hydroxyl groups is 2. The summed E-state index contributed by atoms with van der Waals surface area (Å²) in [5.41, 5.74) is 2.24. The van der Waals surface area contributed by atoms with Crippen LogP contribution in [0.1, 0.15) is 15.9 Å². The standard InChI is InChI=1S/C18H22N2O3/c1-20(12-14-7-3-2-4-8-14)18(23)16-9-5-6-10-17(16)19-11-15(22)13-21/h2-10,15,19,21-22H,11-13H2,1H3. The van der Waals surface area contributed by atoms with Crippen molar-refractivity contribution in [2.24, 2.45) is 0 Å². The molecule has 0 saturated carbocycles. The Morgan fingerprint density at radius 1 is 1.13 bits per heavy atom. The summed E-state index contributed by atoms with van der Waals surface area (Å²) >= 11 is 0. The summed E-state index contributed by atoms with van der Waals surface area (Å²) in [6.07, 6.45) is -0.861. The lowest BCUT2D eigenvalue weighted by Gasteiger charge is -2.20. The first-order valence-corrected chi connectivity index (χ1v) is 7.53. The van der Waals surface area contributed by atoms with E-state index in [1.165, 1.54) is 0 Å². The number of carbonyl (C=O) groups is 1. The van der Waals surface area contributed by atoms with Crippen LogP contribution in [-0.2, 0) is 6.54 Å². The molecule has 0 radical (unpaired) electrons. The van der Waals surface area contributed by atoms with Crippen molar-refractivity contribution in [3.63, 3.8) is 0 Å². The Morgan fingerprint density at radius 2 is 1.78 bits per heavy atom. The van der Waals surface area contributed by atoms with Crippen LogP contribution in [0.25, 0.3) is 0 Å². The Labute approximate surface area is 136 Å². The summed E-state index contributed by atoms with van der Waals surface area (Å²) in [7, 11) is 1.76. The van der Waals surface area contributed by atoms with Crippen molar-refractivity contribution in [1.29, 1.82) is 0 Å². The summed E-state index contributed by atoms with van der Waals surface area (Å²) in [5, 5.41) is 21.3. The highest BCUT2D eigenvalue weighted by Gasteiger charge is 2.16. The van der Waals surface area contributed by atoms with Crippen molar-refractivity contribution in [2.45, 2.75) is 12.6 Å². The first kappa shape index (κ1) is 17.0. The summed E-state index contributed by atoms with van der Waals surface area (Å²) in [4.78, 5) is 14.3. The molecule has 0 heterocycles. The summed E-state index contributed by atoms with van der Waals surface area (Å²) in [6, 6.07) is 16.9. The number of amides is 1. The highest BCUT2D eigenvalue weighted by molar-refractivity contribution is 5.99. The van der Waals surface area contributed by atoms with Gasteiger partial charge >= 0.3 is 0 Å². The van der Waals surface area contributed by atoms with Crippen molar-refractivity contribution < 1.29 is 15.0 Å². The van der Waals surface area contributed by atoms with Crippen LogP contribution in [0.15, 0.2) is 54.6 Å². The quantitative estimate of drug-likeness (QED) is 0.728. The SMILES string of the molecule is CN(Cc1ccccc1)C(=O)c1ccccc1NCC(O)CO. The van der Waals surface area contributed by atoms with Crippen LogP contribution in [0.3, 0.4) is 0 Å². The van der Waals surface area contributed by atoms with Gasteiger partial charge in [-0.3, -0.25) is 4.79 Å². The lowest BCUT2D eigenvalue weighted by Crippen LogP contribution is -2.28. The fraction of sp³-hybridized carbons (Fsp3) is 0.278. The molecule has 1 unspecified atom stereocenters. The molecule has 1 atom stereocenters. The molecule has 0 saturated heterocycles. The molecule has 0 fully saturated rings. The smallest absolute Gasteiger partial charge is 0.255 e. The van der Waals surface area contributed by atoms with Gasteiger partial charge in [0.2, 0.25) is 0 Å². The largest absolute Gasteiger partial charge is 0.394 e. The van der Waals surface area contributed by atoms with E-state index in [0.29, 0.717) is 17.8 Å². The van der Waals surface area contributed by atoms with Gasteiger partial charge in [-0.2, -0.15) is 0 Å². The highest BCUT2D eigenvalue weighted by atomic mass is 16.3. The third kappa shape index (κ3) is 4.81. The molecule has 0 bridgehead atoms. The molecule has 2 rings (SSSR count). The second kappa shape index (κ2) is 8.31. The van der Waals surface area contributed by atoms with Gasteiger partial charge in [0.1, 0.15) is 0 Å². The van der Waals surface area contributed by atoms with Gasteiger partial charge in [-0.1, -0.05) is 42.5 Å². The first-order valence-electron chi connectivity index (χ1n) is 7.53. The van der Waals surface area contributed by atoms with Gasteiger partial charge in [-0.15, -0.1) is 0 Å². The molecule has 0 aliphatic carbocycles. The van der Waals surface area contributed by atoms with E-state index in [2.05, 4.69) is 5.32 Å². The minimum atomic E-state index is -0.861. The van der Waals surface area contributed by atoms with E-state index in [1.54, 1.807) is 30.1 Å². The number of para-hydroxylation sites is 1. The molecular weight excluding hydrogens is 292 g/mol. The topological polar surface area (TPSA) is 72.8 Å². The first-order chi connectivity index (χ1) is 11.1. The van der Waals surface area contributed by atoms with Crippen LogP contribution < -0.4 is 5.32 Å². The second-order valence-corrected chi connectivity index (χ2v) is 5.41. The van der Waals surface area contributed by atoms with E-state index in [9.17, 15) is 9.90 Å². The molecule has 5 heteroatoms. The molecule has 3 N–H and O–H groups in total. The normalized spacial score (nSPS) is 11.8. The Hall–Kier alpha value is -2.37. The number of hydrogen-bond donors (Lipinski definition) is 3. The maximum absolute atomic E-state index is 12.7. The van der Waals surface area contributed by atoms with Gasteiger partial charge in [0.05, 0.1) is 18.3 Å². The Bertz CT molecular complexity index is 631. The van der Waals surface area contributed by atoms with Crippen molar-refractivity contribution in [1.82, 2.24) is 4.90 Å². The molecule has 5 nitrogen and oxygen atoms in total. The van der Waals surface area contributed by atoms with E-state index in [-0.39, 0.29) is 19.1 Å². The van der Waals surface area contributed by atoms with E-state index >= 15 is 0 Å². The second-order valence-electron chi connectivity index (χ2n) is 5.41. The number of aliphatic hydroxyl groups excluding tert-OH is 2. The lowest BCUT2D eigenvalue weighted by atomic mass is 10.1. The zero-order chi connectivity index (χ0) is 16.7. The highest BCUT2D eigenvalue weighted by Crippen LogP contribution is 2.18. The van der Waals surface area contributed by atoms with Gasteiger partial charge in [0.15, 0.2) is 0 Å². The molecule has 122 valence electrons. The number of rotatable bonds is 7.